The van der Waals surface area contributed by atoms with Crippen molar-refractivity contribution >= 4 is 24.3 Å². The predicted molar refractivity (Wildman–Crippen MR) is 65.6 cm³/mol. The van der Waals surface area contributed by atoms with E-state index in [1.807, 2.05) is 38.1 Å². The normalized spacial score (nSPS) is 11.9. The van der Waals surface area contributed by atoms with Gasteiger partial charge in [0.05, 0.1) is 5.69 Å². The van der Waals surface area contributed by atoms with Gasteiger partial charge < -0.3 is 10.6 Å². The fourth-order valence-corrected chi connectivity index (χ4v) is 1.28. The number of carbonyl (C=O) groups excluding carboxylic acids is 1. The second-order valence-electron chi connectivity index (χ2n) is 3.42. The Bertz CT molecular complexity index is 341. The van der Waals surface area contributed by atoms with E-state index in [1.54, 1.807) is 0 Å². The lowest BCUT2D eigenvalue weighted by molar-refractivity contribution is 0.249. The van der Waals surface area contributed by atoms with E-state index in [9.17, 15) is 4.79 Å². The third kappa shape index (κ3) is 3.83. The van der Waals surface area contributed by atoms with E-state index in [1.165, 1.54) is 0 Å². The standard InChI is InChI=1S/C11H16N2OS/c1-3-8(2)12-11(14)13-9-6-4-5-7-10(9)15/h4-8,15H,3H2,1-2H3,(H2,12,13,14). The van der Waals surface area contributed by atoms with Crippen LogP contribution in [0.3, 0.4) is 0 Å². The monoisotopic (exact) mass is 224 g/mol. The van der Waals surface area contributed by atoms with Gasteiger partial charge in [-0.2, -0.15) is 0 Å². The first kappa shape index (κ1) is 11.9. The lowest BCUT2D eigenvalue weighted by Gasteiger charge is -2.13. The Labute approximate surface area is 95.7 Å². The SMILES string of the molecule is CCC(C)NC(=O)Nc1ccccc1S. The molecule has 1 rings (SSSR count). The molecule has 2 amide bonds. The average molecular weight is 224 g/mol. The van der Waals surface area contributed by atoms with E-state index >= 15 is 0 Å². The van der Waals surface area contributed by atoms with Crippen molar-refractivity contribution in [2.75, 3.05) is 5.32 Å². The van der Waals surface area contributed by atoms with Crippen molar-refractivity contribution in [3.63, 3.8) is 0 Å². The number of amides is 2. The van der Waals surface area contributed by atoms with Crippen molar-refractivity contribution in [1.29, 1.82) is 0 Å². The second-order valence-corrected chi connectivity index (χ2v) is 3.91. The summed E-state index contributed by atoms with van der Waals surface area (Å²) in [6, 6.07) is 7.38. The minimum absolute atomic E-state index is 0.178. The van der Waals surface area contributed by atoms with Crippen molar-refractivity contribution in [2.45, 2.75) is 31.2 Å². The van der Waals surface area contributed by atoms with Crippen LogP contribution in [0.1, 0.15) is 20.3 Å². The van der Waals surface area contributed by atoms with Crippen LogP contribution in [0.25, 0.3) is 0 Å². The Morgan fingerprint density at radius 2 is 2.13 bits per heavy atom. The number of carbonyl (C=O) groups is 1. The zero-order valence-corrected chi connectivity index (χ0v) is 9.84. The zero-order chi connectivity index (χ0) is 11.3. The van der Waals surface area contributed by atoms with Crippen molar-refractivity contribution in [3.8, 4) is 0 Å². The van der Waals surface area contributed by atoms with Gasteiger partial charge in [-0.3, -0.25) is 0 Å². The fourth-order valence-electron chi connectivity index (χ4n) is 1.06. The molecule has 1 aromatic rings. The number of urea groups is 1. The van der Waals surface area contributed by atoms with Crippen LogP contribution in [-0.2, 0) is 0 Å². The van der Waals surface area contributed by atoms with Gasteiger partial charge in [-0.1, -0.05) is 19.1 Å². The van der Waals surface area contributed by atoms with E-state index in [-0.39, 0.29) is 12.1 Å². The van der Waals surface area contributed by atoms with Crippen LogP contribution in [-0.4, -0.2) is 12.1 Å². The molecule has 0 radical (unpaired) electrons. The van der Waals surface area contributed by atoms with Crippen LogP contribution in [0.2, 0.25) is 0 Å². The lowest BCUT2D eigenvalue weighted by Crippen LogP contribution is -2.35. The predicted octanol–water partition coefficient (Wildman–Crippen LogP) is 2.90. The van der Waals surface area contributed by atoms with E-state index < -0.39 is 0 Å². The smallest absolute Gasteiger partial charge is 0.319 e. The Hall–Kier alpha value is -1.16. The van der Waals surface area contributed by atoms with Crippen molar-refractivity contribution < 1.29 is 4.79 Å². The molecular weight excluding hydrogens is 208 g/mol. The van der Waals surface area contributed by atoms with E-state index in [4.69, 9.17) is 0 Å². The number of anilines is 1. The van der Waals surface area contributed by atoms with Gasteiger partial charge in [0, 0.05) is 10.9 Å². The maximum Gasteiger partial charge on any atom is 0.319 e. The highest BCUT2D eigenvalue weighted by molar-refractivity contribution is 7.80. The van der Waals surface area contributed by atoms with Gasteiger partial charge in [-0.05, 0) is 25.5 Å². The topological polar surface area (TPSA) is 41.1 Å². The zero-order valence-electron chi connectivity index (χ0n) is 8.95. The van der Waals surface area contributed by atoms with E-state index in [0.717, 1.165) is 17.0 Å². The van der Waals surface area contributed by atoms with Gasteiger partial charge >= 0.3 is 6.03 Å². The first-order valence-corrected chi connectivity index (χ1v) is 5.43. The summed E-state index contributed by atoms with van der Waals surface area (Å²) in [4.78, 5) is 12.2. The van der Waals surface area contributed by atoms with Crippen molar-refractivity contribution in [1.82, 2.24) is 5.32 Å². The van der Waals surface area contributed by atoms with E-state index in [2.05, 4.69) is 23.3 Å². The molecule has 0 aliphatic carbocycles. The molecule has 2 N–H and O–H groups in total. The number of nitrogens with one attached hydrogen (secondary N) is 2. The number of hydrogen-bond donors (Lipinski definition) is 3. The van der Waals surface area contributed by atoms with Crippen LogP contribution in [0.15, 0.2) is 29.2 Å². The largest absolute Gasteiger partial charge is 0.335 e. The summed E-state index contributed by atoms with van der Waals surface area (Å²) in [6.45, 7) is 3.99. The van der Waals surface area contributed by atoms with E-state index in [0.29, 0.717) is 0 Å². The number of para-hydroxylation sites is 1. The summed E-state index contributed by atoms with van der Waals surface area (Å²) in [5.41, 5.74) is 0.724. The number of thiol groups is 1. The molecule has 0 bridgehead atoms. The molecule has 0 saturated heterocycles. The van der Waals surface area contributed by atoms with Gasteiger partial charge in [0.1, 0.15) is 0 Å². The van der Waals surface area contributed by atoms with Crippen LogP contribution < -0.4 is 10.6 Å². The highest BCUT2D eigenvalue weighted by Crippen LogP contribution is 2.18. The summed E-state index contributed by atoms with van der Waals surface area (Å²) >= 11 is 4.24. The van der Waals surface area contributed by atoms with Gasteiger partial charge in [0.2, 0.25) is 0 Å². The number of benzene rings is 1. The van der Waals surface area contributed by atoms with Gasteiger partial charge in [-0.25, -0.2) is 4.79 Å². The molecule has 0 aromatic heterocycles. The molecule has 4 heteroatoms. The van der Waals surface area contributed by atoms with Gasteiger partial charge in [0.15, 0.2) is 0 Å². The molecule has 1 aromatic carbocycles. The first-order valence-electron chi connectivity index (χ1n) is 4.99. The van der Waals surface area contributed by atoms with Crippen LogP contribution >= 0.6 is 12.6 Å². The quantitative estimate of drug-likeness (QED) is 0.679. The van der Waals surface area contributed by atoms with Crippen molar-refractivity contribution in [3.05, 3.63) is 24.3 Å². The third-order valence-corrected chi connectivity index (χ3v) is 2.53. The molecule has 0 saturated carbocycles. The first-order chi connectivity index (χ1) is 7.13. The molecule has 0 fully saturated rings. The Kier molecular flexibility index (Phi) is 4.49. The lowest BCUT2D eigenvalue weighted by atomic mass is 10.3. The molecule has 82 valence electrons. The molecule has 15 heavy (non-hydrogen) atoms. The maximum atomic E-state index is 11.5. The molecular formula is C11H16N2OS. The fraction of sp³-hybridized carbons (Fsp3) is 0.364. The second kappa shape index (κ2) is 5.66. The maximum absolute atomic E-state index is 11.5. The molecule has 3 nitrogen and oxygen atoms in total. The molecule has 1 atom stereocenters. The molecule has 0 aliphatic heterocycles. The summed E-state index contributed by atoms with van der Waals surface area (Å²) in [7, 11) is 0. The highest BCUT2D eigenvalue weighted by atomic mass is 32.1. The summed E-state index contributed by atoms with van der Waals surface area (Å²) in [6.07, 6.45) is 0.913. The highest BCUT2D eigenvalue weighted by Gasteiger charge is 2.06. The average Bonchev–Trinajstić information content (AvgIpc) is 2.21. The minimum atomic E-state index is -0.189. The molecule has 0 heterocycles. The molecule has 0 aliphatic rings. The number of hydrogen-bond acceptors (Lipinski definition) is 2. The Balaban J connectivity index is 2.55. The van der Waals surface area contributed by atoms with Crippen LogP contribution in [0.5, 0.6) is 0 Å². The Morgan fingerprint density at radius 3 is 2.73 bits per heavy atom. The van der Waals surface area contributed by atoms with Gasteiger partial charge in [-0.15, -0.1) is 12.6 Å². The number of rotatable bonds is 3. The minimum Gasteiger partial charge on any atom is -0.335 e. The summed E-state index contributed by atoms with van der Waals surface area (Å²) in [5, 5.41) is 5.57. The summed E-state index contributed by atoms with van der Waals surface area (Å²) in [5.74, 6) is 0. The van der Waals surface area contributed by atoms with Gasteiger partial charge in [0.25, 0.3) is 0 Å². The Morgan fingerprint density at radius 1 is 1.47 bits per heavy atom. The van der Waals surface area contributed by atoms with Crippen LogP contribution in [0.4, 0.5) is 10.5 Å². The molecule has 1 unspecified atom stereocenters. The van der Waals surface area contributed by atoms with Crippen LogP contribution in [0, 0.1) is 0 Å². The summed E-state index contributed by atoms with van der Waals surface area (Å²) < 4.78 is 0. The van der Waals surface area contributed by atoms with Crippen molar-refractivity contribution in [2.24, 2.45) is 0 Å². The third-order valence-electron chi connectivity index (χ3n) is 2.14. The molecule has 0 spiro atoms.